The molecule has 0 unspecified atom stereocenters. The standard InChI is InChI=1S/C17H23NO2/c1-13-4-9-16(20-3)12-17(13)18(2)11-10-14-5-7-15(19)8-6-14/h4-8,10-11,16-17,19H,9,12H2,1-3H3/b11-10-/t16-,17-/m0/s1. The highest BCUT2D eigenvalue weighted by molar-refractivity contribution is 5.50. The van der Waals surface area contributed by atoms with Crippen LogP contribution in [-0.4, -0.2) is 36.3 Å². The van der Waals surface area contributed by atoms with E-state index in [1.165, 1.54) is 5.57 Å². The first-order valence-corrected chi connectivity index (χ1v) is 6.98. The number of rotatable bonds is 4. The third-order valence-electron chi connectivity index (χ3n) is 3.93. The van der Waals surface area contributed by atoms with Crippen LogP contribution in [-0.2, 0) is 4.74 Å². The maximum absolute atomic E-state index is 9.27. The molecule has 0 spiro atoms. The molecule has 0 saturated heterocycles. The fraction of sp³-hybridized carbons (Fsp3) is 0.412. The van der Waals surface area contributed by atoms with Gasteiger partial charge in [-0.1, -0.05) is 23.8 Å². The average Bonchev–Trinajstić information content (AvgIpc) is 2.47. The van der Waals surface area contributed by atoms with E-state index in [-0.39, 0.29) is 0 Å². The molecule has 0 aliphatic heterocycles. The van der Waals surface area contributed by atoms with Crippen molar-refractivity contribution < 1.29 is 9.84 Å². The Hall–Kier alpha value is -1.74. The number of nitrogens with zero attached hydrogens (tertiary/aromatic N) is 1. The fourth-order valence-corrected chi connectivity index (χ4v) is 2.56. The van der Waals surface area contributed by atoms with Gasteiger partial charge >= 0.3 is 0 Å². The predicted molar refractivity (Wildman–Crippen MR) is 82.5 cm³/mol. The highest BCUT2D eigenvalue weighted by Gasteiger charge is 2.23. The SMILES string of the molecule is CO[C@H]1CC=C(C)[C@@H](N(C)/C=C\c2ccc(O)cc2)C1. The van der Waals surface area contributed by atoms with Crippen LogP contribution in [0, 0.1) is 0 Å². The lowest BCUT2D eigenvalue weighted by Crippen LogP contribution is -2.35. The summed E-state index contributed by atoms with van der Waals surface area (Å²) in [7, 11) is 3.87. The topological polar surface area (TPSA) is 32.7 Å². The van der Waals surface area contributed by atoms with Crippen molar-refractivity contribution in [2.45, 2.75) is 31.9 Å². The molecule has 3 nitrogen and oxygen atoms in total. The highest BCUT2D eigenvalue weighted by Crippen LogP contribution is 2.24. The monoisotopic (exact) mass is 273 g/mol. The Balaban J connectivity index is 2.03. The Bertz CT molecular complexity index is 490. The summed E-state index contributed by atoms with van der Waals surface area (Å²) in [6.07, 6.45) is 8.76. The molecule has 0 aromatic heterocycles. The number of hydrogen-bond donors (Lipinski definition) is 1. The van der Waals surface area contributed by atoms with Gasteiger partial charge in [0.25, 0.3) is 0 Å². The number of phenols is 1. The third-order valence-corrected chi connectivity index (χ3v) is 3.93. The number of likely N-dealkylation sites (N-methyl/N-ethyl adjacent to an activating group) is 1. The molecule has 1 aliphatic rings. The minimum absolute atomic E-state index is 0.296. The molecule has 1 aromatic rings. The van der Waals surface area contributed by atoms with Gasteiger partial charge in [0.1, 0.15) is 5.75 Å². The van der Waals surface area contributed by atoms with Crippen molar-refractivity contribution in [2.75, 3.05) is 14.2 Å². The fourth-order valence-electron chi connectivity index (χ4n) is 2.56. The number of benzene rings is 1. The quantitative estimate of drug-likeness (QED) is 0.853. The largest absolute Gasteiger partial charge is 0.508 e. The van der Waals surface area contributed by atoms with Crippen LogP contribution in [0.15, 0.2) is 42.1 Å². The predicted octanol–water partition coefficient (Wildman–Crippen LogP) is 3.42. The van der Waals surface area contributed by atoms with Crippen LogP contribution in [0.3, 0.4) is 0 Å². The lowest BCUT2D eigenvalue weighted by Gasteiger charge is -2.34. The molecule has 0 bridgehead atoms. The van der Waals surface area contributed by atoms with Gasteiger partial charge in [0, 0.05) is 14.2 Å². The first kappa shape index (κ1) is 14.7. The van der Waals surface area contributed by atoms with Crippen LogP contribution in [0.25, 0.3) is 6.08 Å². The van der Waals surface area contributed by atoms with Gasteiger partial charge in [-0.25, -0.2) is 0 Å². The van der Waals surface area contributed by atoms with Crippen LogP contribution in [0.1, 0.15) is 25.3 Å². The Labute approximate surface area is 121 Å². The molecule has 0 amide bonds. The first-order valence-electron chi connectivity index (χ1n) is 6.98. The minimum Gasteiger partial charge on any atom is -0.508 e. The zero-order valence-corrected chi connectivity index (χ0v) is 12.4. The summed E-state index contributed by atoms with van der Waals surface area (Å²) < 4.78 is 5.47. The van der Waals surface area contributed by atoms with Crippen molar-refractivity contribution in [1.29, 1.82) is 0 Å². The van der Waals surface area contributed by atoms with Gasteiger partial charge in [-0.15, -0.1) is 0 Å². The van der Waals surface area contributed by atoms with Gasteiger partial charge < -0.3 is 14.7 Å². The summed E-state index contributed by atoms with van der Waals surface area (Å²) in [6.45, 7) is 2.18. The molecule has 1 aromatic carbocycles. The summed E-state index contributed by atoms with van der Waals surface area (Å²) in [4.78, 5) is 2.23. The molecule has 20 heavy (non-hydrogen) atoms. The number of aromatic hydroxyl groups is 1. The van der Waals surface area contributed by atoms with Crippen molar-refractivity contribution in [3.63, 3.8) is 0 Å². The molecule has 0 heterocycles. The van der Waals surface area contributed by atoms with Crippen molar-refractivity contribution in [1.82, 2.24) is 4.90 Å². The zero-order chi connectivity index (χ0) is 14.5. The van der Waals surface area contributed by atoms with Crippen LogP contribution < -0.4 is 0 Å². The van der Waals surface area contributed by atoms with E-state index in [9.17, 15) is 5.11 Å². The van der Waals surface area contributed by atoms with E-state index in [1.807, 2.05) is 12.1 Å². The molecule has 1 aliphatic carbocycles. The van der Waals surface area contributed by atoms with E-state index in [0.29, 0.717) is 17.9 Å². The molecule has 2 atom stereocenters. The molecule has 0 fully saturated rings. The van der Waals surface area contributed by atoms with Crippen LogP contribution >= 0.6 is 0 Å². The highest BCUT2D eigenvalue weighted by atomic mass is 16.5. The molecular formula is C17H23NO2. The molecule has 108 valence electrons. The Morgan fingerprint density at radius 2 is 2.00 bits per heavy atom. The van der Waals surface area contributed by atoms with E-state index in [2.05, 4.69) is 37.2 Å². The van der Waals surface area contributed by atoms with Gasteiger partial charge in [-0.2, -0.15) is 0 Å². The summed E-state index contributed by atoms with van der Waals surface area (Å²) >= 11 is 0. The second-order valence-corrected chi connectivity index (χ2v) is 5.37. The van der Waals surface area contributed by atoms with Crippen LogP contribution in [0.2, 0.25) is 0 Å². The smallest absolute Gasteiger partial charge is 0.115 e. The summed E-state index contributed by atoms with van der Waals surface area (Å²) in [6, 6.07) is 7.60. The van der Waals surface area contributed by atoms with Gasteiger partial charge in [-0.3, -0.25) is 0 Å². The molecular weight excluding hydrogens is 250 g/mol. The van der Waals surface area contributed by atoms with Crippen molar-refractivity contribution in [2.24, 2.45) is 0 Å². The first-order chi connectivity index (χ1) is 9.60. The van der Waals surface area contributed by atoms with Gasteiger partial charge in [0.2, 0.25) is 0 Å². The number of ether oxygens (including phenoxy) is 1. The molecule has 0 saturated carbocycles. The van der Waals surface area contributed by atoms with Crippen molar-refractivity contribution in [3.05, 3.63) is 47.7 Å². The van der Waals surface area contributed by atoms with Crippen LogP contribution in [0.4, 0.5) is 0 Å². The van der Waals surface area contributed by atoms with E-state index >= 15 is 0 Å². The second kappa shape index (κ2) is 6.62. The maximum atomic E-state index is 9.27. The number of methoxy groups -OCH3 is 1. The zero-order valence-electron chi connectivity index (χ0n) is 12.4. The lowest BCUT2D eigenvalue weighted by molar-refractivity contribution is 0.0756. The molecule has 1 N–H and O–H groups in total. The molecule has 2 rings (SSSR count). The lowest BCUT2D eigenvalue weighted by atomic mass is 9.92. The Kier molecular flexibility index (Phi) is 4.85. The normalized spacial score (nSPS) is 22.9. The Morgan fingerprint density at radius 3 is 2.65 bits per heavy atom. The Morgan fingerprint density at radius 1 is 1.30 bits per heavy atom. The van der Waals surface area contributed by atoms with E-state index in [4.69, 9.17) is 4.74 Å². The van der Waals surface area contributed by atoms with Gasteiger partial charge in [0.15, 0.2) is 0 Å². The van der Waals surface area contributed by atoms with E-state index in [0.717, 1.165) is 18.4 Å². The number of phenolic OH excluding ortho intramolecular Hbond substituents is 1. The summed E-state index contributed by atoms with van der Waals surface area (Å²) in [5.41, 5.74) is 2.48. The maximum Gasteiger partial charge on any atom is 0.115 e. The van der Waals surface area contributed by atoms with Crippen LogP contribution in [0.5, 0.6) is 5.75 Å². The van der Waals surface area contributed by atoms with E-state index in [1.54, 1.807) is 19.2 Å². The summed E-state index contributed by atoms with van der Waals surface area (Å²) in [5.74, 6) is 0.296. The van der Waals surface area contributed by atoms with Gasteiger partial charge in [-0.05, 0) is 49.7 Å². The molecule has 3 heteroatoms. The average molecular weight is 273 g/mol. The summed E-state index contributed by atoms with van der Waals surface area (Å²) in [5, 5.41) is 9.27. The van der Waals surface area contributed by atoms with Gasteiger partial charge in [0.05, 0.1) is 12.1 Å². The van der Waals surface area contributed by atoms with Crippen molar-refractivity contribution in [3.8, 4) is 5.75 Å². The molecule has 0 radical (unpaired) electrons. The second-order valence-electron chi connectivity index (χ2n) is 5.37. The number of hydrogen-bond acceptors (Lipinski definition) is 3. The third kappa shape index (κ3) is 3.64. The van der Waals surface area contributed by atoms with E-state index < -0.39 is 0 Å². The van der Waals surface area contributed by atoms with Crippen molar-refractivity contribution >= 4 is 6.08 Å². The minimum atomic E-state index is 0.296.